The van der Waals surface area contributed by atoms with E-state index in [-0.39, 0.29) is 31.7 Å². The van der Waals surface area contributed by atoms with Crippen molar-refractivity contribution < 1.29 is 34.0 Å². The molecule has 262 valence electrons. The minimum atomic E-state index is -0.873. The highest BCUT2D eigenvalue weighted by Crippen LogP contribution is 2.36. The predicted molar refractivity (Wildman–Crippen MR) is 183 cm³/mol. The average Bonchev–Trinajstić information content (AvgIpc) is 3.23. The molecule has 0 spiro atoms. The summed E-state index contributed by atoms with van der Waals surface area (Å²) in [4.78, 5) is 32.7. The van der Waals surface area contributed by atoms with Gasteiger partial charge in [0.1, 0.15) is 17.9 Å². The number of hydrogen-bond acceptors (Lipinski definition) is 8. The van der Waals surface area contributed by atoms with E-state index in [1.807, 2.05) is 91.8 Å². The van der Waals surface area contributed by atoms with Gasteiger partial charge in [-0.25, -0.2) is 9.59 Å². The van der Waals surface area contributed by atoms with E-state index in [2.05, 4.69) is 29.2 Å². The van der Waals surface area contributed by atoms with Crippen molar-refractivity contribution in [1.29, 1.82) is 0 Å². The third-order valence-electron chi connectivity index (χ3n) is 8.71. The van der Waals surface area contributed by atoms with Crippen LogP contribution in [0.3, 0.4) is 0 Å². The lowest BCUT2D eigenvalue weighted by Gasteiger charge is -2.41. The zero-order valence-electron chi connectivity index (χ0n) is 29.6. The fourth-order valence-corrected chi connectivity index (χ4v) is 6.61. The first-order valence-electron chi connectivity index (χ1n) is 16.9. The number of nitrogens with zero attached hydrogens (tertiary/aromatic N) is 3. The van der Waals surface area contributed by atoms with Gasteiger partial charge in [-0.1, -0.05) is 60.7 Å². The number of carbonyl (C=O) groups is 2. The maximum atomic E-state index is 14.0. The number of benzene rings is 2. The van der Waals surface area contributed by atoms with Crippen molar-refractivity contribution in [3.05, 3.63) is 71.8 Å². The maximum absolute atomic E-state index is 14.0. The first-order valence-corrected chi connectivity index (χ1v) is 16.9. The number of ether oxygens (including phenoxy) is 3. The van der Waals surface area contributed by atoms with Gasteiger partial charge in [-0.3, -0.25) is 9.80 Å². The normalized spacial score (nSPS) is 17.5. The lowest BCUT2D eigenvalue weighted by Crippen LogP contribution is -2.55. The van der Waals surface area contributed by atoms with E-state index in [0.717, 1.165) is 11.1 Å². The second-order valence-electron chi connectivity index (χ2n) is 14.1. The third kappa shape index (κ3) is 10.7. The summed E-state index contributed by atoms with van der Waals surface area (Å²) in [5.74, 6) is 0. The number of carbonyl (C=O) groups excluding carboxylic acids is 2. The Bertz CT molecular complexity index is 1170. The summed E-state index contributed by atoms with van der Waals surface area (Å²) >= 11 is 0. The summed E-state index contributed by atoms with van der Waals surface area (Å²) in [7, 11) is 0. The highest BCUT2D eigenvalue weighted by molar-refractivity contribution is 5.70. The Morgan fingerprint density at radius 3 is 1.79 bits per heavy atom. The van der Waals surface area contributed by atoms with Gasteiger partial charge in [-0.2, -0.15) is 0 Å². The Morgan fingerprint density at radius 2 is 1.36 bits per heavy atom. The van der Waals surface area contributed by atoms with Crippen LogP contribution in [0.5, 0.6) is 0 Å². The molecule has 2 aromatic rings. The molecule has 47 heavy (non-hydrogen) atoms. The molecule has 10 nitrogen and oxygen atoms in total. The van der Waals surface area contributed by atoms with E-state index in [0.29, 0.717) is 32.5 Å². The number of aliphatic hydroxyl groups excluding tert-OH is 2. The van der Waals surface area contributed by atoms with Gasteiger partial charge < -0.3 is 29.3 Å². The van der Waals surface area contributed by atoms with Crippen LogP contribution >= 0.6 is 0 Å². The molecule has 3 atom stereocenters. The van der Waals surface area contributed by atoms with Gasteiger partial charge in [0.15, 0.2) is 0 Å². The van der Waals surface area contributed by atoms with Gasteiger partial charge >= 0.3 is 12.2 Å². The van der Waals surface area contributed by atoms with Crippen molar-refractivity contribution in [2.24, 2.45) is 0 Å². The second kappa shape index (κ2) is 17.3. The lowest BCUT2D eigenvalue weighted by atomic mass is 9.97. The summed E-state index contributed by atoms with van der Waals surface area (Å²) < 4.78 is 18.1. The largest absolute Gasteiger partial charge is 0.444 e. The maximum Gasteiger partial charge on any atom is 0.412 e. The number of amides is 2. The highest BCUT2D eigenvalue weighted by atomic mass is 16.6. The van der Waals surface area contributed by atoms with Crippen LogP contribution in [0.4, 0.5) is 9.59 Å². The van der Waals surface area contributed by atoms with Crippen LogP contribution < -0.4 is 0 Å². The molecule has 0 aromatic heterocycles. The Morgan fingerprint density at radius 1 is 0.830 bits per heavy atom. The molecular formula is C37H57N3O7. The summed E-state index contributed by atoms with van der Waals surface area (Å²) in [6.07, 6.45) is -1.55. The molecule has 2 amide bonds. The third-order valence-corrected chi connectivity index (χ3v) is 8.71. The smallest absolute Gasteiger partial charge is 0.412 e. The molecule has 0 unspecified atom stereocenters. The zero-order chi connectivity index (χ0) is 34.8. The van der Waals surface area contributed by atoms with Crippen molar-refractivity contribution in [2.75, 3.05) is 19.8 Å². The van der Waals surface area contributed by atoms with E-state index >= 15 is 0 Å². The molecule has 1 fully saturated rings. The highest BCUT2D eigenvalue weighted by Gasteiger charge is 2.50. The molecular weight excluding hydrogens is 598 g/mol. The minimum absolute atomic E-state index is 0.0711. The zero-order valence-corrected chi connectivity index (χ0v) is 29.6. The van der Waals surface area contributed by atoms with Gasteiger partial charge in [0.25, 0.3) is 0 Å². The van der Waals surface area contributed by atoms with Crippen LogP contribution in [0.1, 0.15) is 85.8 Å². The minimum Gasteiger partial charge on any atom is -0.444 e. The van der Waals surface area contributed by atoms with Gasteiger partial charge in [-0.15, -0.1) is 0 Å². The molecule has 1 heterocycles. The summed E-state index contributed by atoms with van der Waals surface area (Å²) in [6.45, 7) is 16.2. The van der Waals surface area contributed by atoms with Crippen LogP contribution in [0, 0.1) is 0 Å². The monoisotopic (exact) mass is 655 g/mol. The van der Waals surface area contributed by atoms with Crippen LogP contribution in [0.25, 0.3) is 0 Å². The number of rotatable bonds is 16. The first kappa shape index (κ1) is 38.3. The van der Waals surface area contributed by atoms with E-state index in [1.54, 1.807) is 9.80 Å². The van der Waals surface area contributed by atoms with Gasteiger partial charge in [0.05, 0.1) is 18.8 Å². The molecule has 1 saturated heterocycles. The van der Waals surface area contributed by atoms with E-state index in [9.17, 15) is 19.8 Å². The first-order chi connectivity index (χ1) is 22.2. The lowest BCUT2D eigenvalue weighted by molar-refractivity contribution is -0.0720. The predicted octanol–water partition coefficient (Wildman–Crippen LogP) is 6.19. The van der Waals surface area contributed by atoms with Gasteiger partial charge in [-0.05, 0) is 79.4 Å². The number of aliphatic hydroxyl groups is 2. The molecule has 0 bridgehead atoms. The molecule has 3 rings (SSSR count). The fourth-order valence-electron chi connectivity index (χ4n) is 6.61. The Labute approximate surface area is 281 Å². The summed E-state index contributed by atoms with van der Waals surface area (Å²) in [5, 5.41) is 20.6. The van der Waals surface area contributed by atoms with Crippen molar-refractivity contribution in [3.63, 3.8) is 0 Å². The van der Waals surface area contributed by atoms with Gasteiger partial charge in [0, 0.05) is 44.2 Å². The Kier molecular flexibility index (Phi) is 14.1. The summed E-state index contributed by atoms with van der Waals surface area (Å²) in [6, 6.07) is 19.6. The van der Waals surface area contributed by atoms with Crippen molar-refractivity contribution >= 4 is 12.2 Å². The SMILES string of the molecule is CC(C)N(C(=O)O[C@@H](CO)CC[C@@H]([C@H](CCO)OC(=O)N1C(C)(C)COC1(C)C)N(Cc1ccccc1)Cc1ccccc1)C(C)C. The average molecular weight is 656 g/mol. The standard InChI is InChI=1S/C37H57N3O7/c1-27(2)39(28(3)4)34(43)46-31(25-42)19-20-32(33(21-22-41)47-35(44)40-36(5,6)26-45-37(40,7)8)38(23-29-15-11-9-12-16-29)24-30-17-13-10-14-18-30/h9-18,27-28,31-33,41-42H,19-26H2,1-8H3/t31-,32+,33+/m1/s1. The topological polar surface area (TPSA) is 112 Å². The Hall–Kier alpha value is -3.18. The van der Waals surface area contributed by atoms with Crippen molar-refractivity contribution in [1.82, 2.24) is 14.7 Å². The molecule has 0 saturated carbocycles. The van der Waals surface area contributed by atoms with Gasteiger partial charge in [0.2, 0.25) is 0 Å². The summed E-state index contributed by atoms with van der Waals surface area (Å²) in [5.41, 5.74) is 0.685. The number of hydrogen-bond donors (Lipinski definition) is 2. The fraction of sp³-hybridized carbons (Fsp3) is 0.622. The molecule has 2 N–H and O–H groups in total. The second-order valence-corrected chi connectivity index (χ2v) is 14.1. The van der Waals surface area contributed by atoms with Crippen LogP contribution in [-0.2, 0) is 27.3 Å². The van der Waals surface area contributed by atoms with Crippen LogP contribution in [0.15, 0.2) is 60.7 Å². The van der Waals surface area contributed by atoms with Crippen LogP contribution in [0.2, 0.25) is 0 Å². The Balaban J connectivity index is 1.99. The molecule has 1 aliphatic heterocycles. The van der Waals surface area contributed by atoms with E-state index < -0.39 is 41.7 Å². The van der Waals surface area contributed by atoms with E-state index in [4.69, 9.17) is 14.2 Å². The van der Waals surface area contributed by atoms with Crippen LogP contribution in [-0.4, -0.2) is 98.5 Å². The van der Waals surface area contributed by atoms with E-state index in [1.165, 1.54) is 0 Å². The molecule has 1 aliphatic rings. The van der Waals surface area contributed by atoms with Crippen molar-refractivity contribution in [2.45, 2.75) is 129 Å². The molecule has 0 aliphatic carbocycles. The van der Waals surface area contributed by atoms with Crippen molar-refractivity contribution in [3.8, 4) is 0 Å². The molecule has 10 heteroatoms. The molecule has 2 aromatic carbocycles. The quantitative estimate of drug-likeness (QED) is 0.220. The molecule has 0 radical (unpaired) electrons.